The van der Waals surface area contributed by atoms with Crippen LogP contribution in [-0.2, 0) is 0 Å². The second kappa shape index (κ2) is 5.80. The summed E-state index contributed by atoms with van der Waals surface area (Å²) in [4.78, 5) is 14.1. The van der Waals surface area contributed by atoms with Crippen LogP contribution in [0.4, 0.5) is 4.39 Å². The Morgan fingerprint density at radius 2 is 2.39 bits per heavy atom. The van der Waals surface area contributed by atoms with Crippen molar-refractivity contribution < 1.29 is 9.18 Å². The fraction of sp³-hybridized carbons (Fsp3) is 0.462. The van der Waals surface area contributed by atoms with Crippen molar-refractivity contribution in [3.8, 4) is 0 Å². The van der Waals surface area contributed by atoms with E-state index in [1.807, 2.05) is 7.05 Å². The number of carbonyl (C=O) groups is 1. The summed E-state index contributed by atoms with van der Waals surface area (Å²) in [6.45, 7) is 2.39. The molecule has 0 bridgehead atoms. The molecule has 1 saturated heterocycles. The number of hydrogen-bond acceptors (Lipinski definition) is 2. The van der Waals surface area contributed by atoms with Crippen LogP contribution in [0.5, 0.6) is 0 Å². The van der Waals surface area contributed by atoms with Crippen molar-refractivity contribution in [3.05, 3.63) is 34.1 Å². The molecular weight excluding hydrogens is 299 g/mol. The summed E-state index contributed by atoms with van der Waals surface area (Å²) in [5.41, 5.74) is 0.403. The third-order valence-corrected chi connectivity index (χ3v) is 3.92. The molecule has 1 amide bonds. The van der Waals surface area contributed by atoms with Gasteiger partial charge in [-0.05, 0) is 60.1 Å². The monoisotopic (exact) mass is 314 g/mol. The van der Waals surface area contributed by atoms with E-state index in [0.29, 0.717) is 16.0 Å². The summed E-state index contributed by atoms with van der Waals surface area (Å²) in [5.74, 6) is 0.0128. The Balaban J connectivity index is 2.10. The van der Waals surface area contributed by atoms with Gasteiger partial charge in [-0.3, -0.25) is 4.79 Å². The van der Waals surface area contributed by atoms with Gasteiger partial charge < -0.3 is 10.2 Å². The topological polar surface area (TPSA) is 32.3 Å². The van der Waals surface area contributed by atoms with Gasteiger partial charge in [-0.1, -0.05) is 0 Å². The van der Waals surface area contributed by atoms with Crippen LogP contribution in [0.15, 0.2) is 22.7 Å². The highest BCUT2D eigenvalue weighted by atomic mass is 79.9. The fourth-order valence-corrected chi connectivity index (χ4v) is 2.72. The molecule has 0 aromatic heterocycles. The van der Waals surface area contributed by atoms with Gasteiger partial charge >= 0.3 is 0 Å². The number of hydrogen-bond donors (Lipinski definition) is 1. The van der Waals surface area contributed by atoms with Crippen LogP contribution in [0.2, 0.25) is 0 Å². The first kappa shape index (κ1) is 13.5. The first-order chi connectivity index (χ1) is 8.61. The van der Waals surface area contributed by atoms with Gasteiger partial charge in [0.1, 0.15) is 5.82 Å². The lowest BCUT2D eigenvalue weighted by atomic mass is 10.1. The SMILES string of the molecule is CNC[C@@H]1CCN(C(=O)c2cc(F)ccc2Br)C1. The van der Waals surface area contributed by atoms with Crippen molar-refractivity contribution >= 4 is 21.8 Å². The Hall–Kier alpha value is -0.940. The average molecular weight is 315 g/mol. The van der Waals surface area contributed by atoms with E-state index in [4.69, 9.17) is 0 Å². The van der Waals surface area contributed by atoms with Crippen LogP contribution in [0, 0.1) is 11.7 Å². The number of nitrogens with one attached hydrogen (secondary N) is 1. The van der Waals surface area contributed by atoms with Crippen molar-refractivity contribution in [2.45, 2.75) is 6.42 Å². The van der Waals surface area contributed by atoms with E-state index < -0.39 is 0 Å². The minimum absolute atomic E-state index is 0.0972. The molecule has 0 unspecified atom stereocenters. The van der Waals surface area contributed by atoms with Gasteiger partial charge in [0.25, 0.3) is 5.91 Å². The molecule has 1 aromatic rings. The Labute approximate surface area is 114 Å². The van der Waals surface area contributed by atoms with Crippen molar-refractivity contribution in [1.29, 1.82) is 0 Å². The molecule has 2 rings (SSSR count). The standard InChI is InChI=1S/C13H16BrFN2O/c1-16-7-9-4-5-17(8-9)13(18)11-6-10(15)2-3-12(11)14/h2-3,6,9,16H,4-5,7-8H2,1H3/t9-/m0/s1. The third kappa shape index (κ3) is 2.90. The summed E-state index contributed by atoms with van der Waals surface area (Å²) >= 11 is 3.30. The number of carbonyl (C=O) groups excluding carboxylic acids is 1. The lowest BCUT2D eigenvalue weighted by molar-refractivity contribution is 0.0786. The van der Waals surface area contributed by atoms with Gasteiger partial charge in [0.15, 0.2) is 0 Å². The van der Waals surface area contributed by atoms with Gasteiger partial charge in [0.05, 0.1) is 5.56 Å². The van der Waals surface area contributed by atoms with E-state index >= 15 is 0 Å². The third-order valence-electron chi connectivity index (χ3n) is 3.22. The maximum Gasteiger partial charge on any atom is 0.255 e. The van der Waals surface area contributed by atoms with E-state index in [1.165, 1.54) is 12.1 Å². The van der Waals surface area contributed by atoms with E-state index in [9.17, 15) is 9.18 Å². The number of halogens is 2. The van der Waals surface area contributed by atoms with E-state index in [0.717, 1.165) is 26.1 Å². The maximum absolute atomic E-state index is 13.2. The highest BCUT2D eigenvalue weighted by molar-refractivity contribution is 9.10. The molecule has 0 radical (unpaired) electrons. The van der Waals surface area contributed by atoms with Crippen LogP contribution in [0.3, 0.4) is 0 Å². The molecule has 1 aliphatic heterocycles. The molecule has 1 aliphatic rings. The Kier molecular flexibility index (Phi) is 4.35. The van der Waals surface area contributed by atoms with Crippen molar-refractivity contribution in [2.24, 2.45) is 5.92 Å². The highest BCUT2D eigenvalue weighted by Gasteiger charge is 2.27. The highest BCUT2D eigenvalue weighted by Crippen LogP contribution is 2.23. The molecule has 1 atom stereocenters. The van der Waals surface area contributed by atoms with Crippen LogP contribution in [0.25, 0.3) is 0 Å². The predicted molar refractivity (Wildman–Crippen MR) is 72.0 cm³/mol. The molecule has 18 heavy (non-hydrogen) atoms. The zero-order chi connectivity index (χ0) is 13.1. The molecule has 5 heteroatoms. The normalized spacial score (nSPS) is 19.3. The van der Waals surface area contributed by atoms with E-state index in [2.05, 4.69) is 21.2 Å². The summed E-state index contributed by atoms with van der Waals surface area (Å²) in [5, 5.41) is 3.12. The number of likely N-dealkylation sites (tertiary alicyclic amines) is 1. The van der Waals surface area contributed by atoms with Crippen LogP contribution >= 0.6 is 15.9 Å². The first-order valence-corrected chi connectivity index (χ1v) is 6.80. The number of benzene rings is 1. The smallest absolute Gasteiger partial charge is 0.255 e. The van der Waals surface area contributed by atoms with Gasteiger partial charge in [0, 0.05) is 17.6 Å². The zero-order valence-electron chi connectivity index (χ0n) is 10.2. The van der Waals surface area contributed by atoms with Crippen molar-refractivity contribution in [1.82, 2.24) is 10.2 Å². The average Bonchev–Trinajstić information content (AvgIpc) is 2.80. The lowest BCUT2D eigenvalue weighted by Gasteiger charge is -2.17. The van der Waals surface area contributed by atoms with Crippen molar-refractivity contribution in [2.75, 3.05) is 26.7 Å². The van der Waals surface area contributed by atoms with Gasteiger partial charge in [-0.15, -0.1) is 0 Å². The quantitative estimate of drug-likeness (QED) is 0.928. The number of amides is 1. The van der Waals surface area contributed by atoms with E-state index in [-0.39, 0.29) is 11.7 Å². The van der Waals surface area contributed by atoms with Crippen LogP contribution in [-0.4, -0.2) is 37.5 Å². The summed E-state index contributed by atoms with van der Waals surface area (Å²) < 4.78 is 13.8. The molecule has 1 fully saturated rings. The second-order valence-corrected chi connectivity index (χ2v) is 5.44. The molecule has 98 valence electrons. The van der Waals surface area contributed by atoms with Crippen LogP contribution < -0.4 is 5.32 Å². The second-order valence-electron chi connectivity index (χ2n) is 4.59. The molecule has 0 spiro atoms. The summed E-state index contributed by atoms with van der Waals surface area (Å²) in [7, 11) is 1.91. The lowest BCUT2D eigenvalue weighted by Crippen LogP contribution is -2.30. The fourth-order valence-electron chi connectivity index (χ4n) is 2.30. The molecule has 1 heterocycles. The molecule has 1 N–H and O–H groups in total. The predicted octanol–water partition coefficient (Wildman–Crippen LogP) is 2.27. The Morgan fingerprint density at radius 1 is 1.61 bits per heavy atom. The molecule has 0 aliphatic carbocycles. The van der Waals surface area contributed by atoms with Gasteiger partial charge in [-0.2, -0.15) is 0 Å². The largest absolute Gasteiger partial charge is 0.338 e. The van der Waals surface area contributed by atoms with E-state index in [1.54, 1.807) is 11.0 Å². The summed E-state index contributed by atoms with van der Waals surface area (Å²) in [6, 6.07) is 4.20. The van der Waals surface area contributed by atoms with Crippen molar-refractivity contribution in [3.63, 3.8) is 0 Å². The number of rotatable bonds is 3. The first-order valence-electron chi connectivity index (χ1n) is 6.00. The Bertz CT molecular complexity index is 453. The summed E-state index contributed by atoms with van der Waals surface area (Å²) in [6.07, 6.45) is 1.000. The molecule has 3 nitrogen and oxygen atoms in total. The molecule has 1 aromatic carbocycles. The van der Waals surface area contributed by atoms with Gasteiger partial charge in [-0.25, -0.2) is 4.39 Å². The van der Waals surface area contributed by atoms with Gasteiger partial charge in [0.2, 0.25) is 0 Å². The Morgan fingerprint density at radius 3 is 3.11 bits per heavy atom. The minimum atomic E-state index is -0.382. The molecular formula is C13H16BrFN2O. The zero-order valence-corrected chi connectivity index (χ0v) is 11.8. The molecule has 0 saturated carbocycles. The maximum atomic E-state index is 13.2. The minimum Gasteiger partial charge on any atom is -0.338 e. The number of nitrogens with zero attached hydrogens (tertiary/aromatic N) is 1. The van der Waals surface area contributed by atoms with Crippen LogP contribution in [0.1, 0.15) is 16.8 Å².